The van der Waals surface area contributed by atoms with Gasteiger partial charge in [0.15, 0.2) is 5.96 Å². The molecule has 0 atom stereocenters. The zero-order chi connectivity index (χ0) is 16.1. The van der Waals surface area contributed by atoms with Crippen LogP contribution in [0.25, 0.3) is 0 Å². The molecule has 5 nitrogen and oxygen atoms in total. The quantitative estimate of drug-likeness (QED) is 0.230. The summed E-state index contributed by atoms with van der Waals surface area (Å²) in [4.78, 5) is 6.67. The molecule has 22 heavy (non-hydrogen) atoms. The number of hydrogen-bond acceptors (Lipinski definition) is 3. The van der Waals surface area contributed by atoms with Gasteiger partial charge < -0.3 is 15.4 Å². The maximum absolute atomic E-state index is 5.56. The highest BCUT2D eigenvalue weighted by atomic mass is 127. The van der Waals surface area contributed by atoms with Crippen molar-refractivity contribution in [1.82, 2.24) is 15.5 Å². The summed E-state index contributed by atoms with van der Waals surface area (Å²) in [7, 11) is 1.81. The first-order valence-corrected chi connectivity index (χ1v) is 8.27. The lowest BCUT2D eigenvalue weighted by atomic mass is 10.2. The molecule has 0 fully saturated rings. The largest absolute Gasteiger partial charge is 0.381 e. The van der Waals surface area contributed by atoms with Crippen molar-refractivity contribution in [3.05, 3.63) is 0 Å². The van der Waals surface area contributed by atoms with E-state index in [1.165, 1.54) is 0 Å². The maximum atomic E-state index is 5.56. The minimum absolute atomic E-state index is 0. The Bertz CT molecular complexity index is 273. The van der Waals surface area contributed by atoms with Crippen molar-refractivity contribution in [2.75, 3.05) is 46.4 Å². The molecule has 0 heterocycles. The lowest BCUT2D eigenvalue weighted by Crippen LogP contribution is -2.43. The molecule has 0 aliphatic carbocycles. The van der Waals surface area contributed by atoms with Crippen molar-refractivity contribution < 1.29 is 4.74 Å². The first-order valence-electron chi connectivity index (χ1n) is 8.27. The zero-order valence-electron chi connectivity index (χ0n) is 15.3. The predicted octanol–water partition coefficient (Wildman–Crippen LogP) is 2.56. The molecule has 2 N–H and O–H groups in total. The highest BCUT2D eigenvalue weighted by Gasteiger charge is 2.06. The summed E-state index contributed by atoms with van der Waals surface area (Å²) in [6.45, 7) is 16.6. The molecule has 0 aromatic heterocycles. The van der Waals surface area contributed by atoms with Crippen LogP contribution in [0.4, 0.5) is 0 Å². The summed E-state index contributed by atoms with van der Waals surface area (Å²) < 4.78 is 5.56. The van der Waals surface area contributed by atoms with Crippen LogP contribution in [-0.2, 0) is 4.74 Å². The summed E-state index contributed by atoms with van der Waals surface area (Å²) in [6, 6.07) is 0.588. The van der Waals surface area contributed by atoms with Gasteiger partial charge in [0.1, 0.15) is 0 Å². The van der Waals surface area contributed by atoms with E-state index in [4.69, 9.17) is 4.74 Å². The predicted molar refractivity (Wildman–Crippen MR) is 107 cm³/mol. The third-order valence-electron chi connectivity index (χ3n) is 3.26. The van der Waals surface area contributed by atoms with Gasteiger partial charge in [-0.15, -0.1) is 24.0 Å². The van der Waals surface area contributed by atoms with Crippen LogP contribution in [-0.4, -0.2) is 63.3 Å². The van der Waals surface area contributed by atoms with Crippen LogP contribution in [0.15, 0.2) is 4.99 Å². The van der Waals surface area contributed by atoms with E-state index in [9.17, 15) is 0 Å². The summed E-state index contributed by atoms with van der Waals surface area (Å²) in [6.07, 6.45) is 1.00. The van der Waals surface area contributed by atoms with Crippen LogP contribution in [0.5, 0.6) is 0 Å². The molecule has 0 aromatic carbocycles. The highest BCUT2D eigenvalue weighted by molar-refractivity contribution is 14.0. The van der Waals surface area contributed by atoms with Crippen LogP contribution < -0.4 is 10.6 Å². The van der Waals surface area contributed by atoms with E-state index in [1.807, 2.05) is 7.05 Å². The van der Waals surface area contributed by atoms with Crippen LogP contribution in [0, 0.1) is 5.92 Å². The molecular formula is C16H37IN4O. The molecule has 0 spiro atoms. The Hall–Kier alpha value is -0.0800. The molecule has 0 aliphatic rings. The average molecular weight is 428 g/mol. The molecule has 0 rings (SSSR count). The molecule has 0 saturated carbocycles. The summed E-state index contributed by atoms with van der Waals surface area (Å²) >= 11 is 0. The van der Waals surface area contributed by atoms with E-state index < -0.39 is 0 Å². The molecule has 0 amide bonds. The number of rotatable bonds is 11. The van der Waals surface area contributed by atoms with Crippen molar-refractivity contribution >= 4 is 29.9 Å². The first-order chi connectivity index (χ1) is 10.0. The van der Waals surface area contributed by atoms with E-state index in [1.54, 1.807) is 0 Å². The number of ether oxygens (including phenoxy) is 1. The van der Waals surface area contributed by atoms with Gasteiger partial charge in [-0.1, -0.05) is 20.8 Å². The Labute approximate surface area is 154 Å². The van der Waals surface area contributed by atoms with Gasteiger partial charge in [0.05, 0.1) is 0 Å². The van der Waals surface area contributed by atoms with E-state index >= 15 is 0 Å². The molecule has 134 valence electrons. The number of likely N-dealkylation sites (N-methyl/N-ethyl adjacent to an activating group) is 1. The summed E-state index contributed by atoms with van der Waals surface area (Å²) in [5.41, 5.74) is 0. The first kappa shape index (κ1) is 24.2. The van der Waals surface area contributed by atoms with Gasteiger partial charge in [0.25, 0.3) is 0 Å². The van der Waals surface area contributed by atoms with Gasteiger partial charge >= 0.3 is 0 Å². The third kappa shape index (κ3) is 13.6. The third-order valence-corrected chi connectivity index (χ3v) is 3.26. The molecule has 0 aromatic rings. The monoisotopic (exact) mass is 428 g/mol. The smallest absolute Gasteiger partial charge is 0.191 e. The van der Waals surface area contributed by atoms with Crippen LogP contribution in [0.3, 0.4) is 0 Å². The average Bonchev–Trinajstić information content (AvgIpc) is 2.44. The van der Waals surface area contributed by atoms with Crippen molar-refractivity contribution in [3.63, 3.8) is 0 Å². The Morgan fingerprint density at radius 2 is 1.77 bits per heavy atom. The molecule has 0 radical (unpaired) electrons. The molecule has 6 heteroatoms. The fourth-order valence-corrected chi connectivity index (χ4v) is 2.02. The second-order valence-electron chi connectivity index (χ2n) is 5.97. The number of hydrogen-bond donors (Lipinski definition) is 2. The second-order valence-corrected chi connectivity index (χ2v) is 5.97. The van der Waals surface area contributed by atoms with Crippen LogP contribution in [0.1, 0.15) is 41.0 Å². The zero-order valence-corrected chi connectivity index (χ0v) is 17.6. The van der Waals surface area contributed by atoms with E-state index in [0.29, 0.717) is 12.0 Å². The standard InChI is InChI=1S/C16H36N4O.HI/c1-7-20(15(4)5)11-10-19-16(17-6)18-9-8-12-21-13-14(2)3;/h14-15H,7-13H2,1-6H3,(H2,17,18,19);1H. The number of aliphatic imine (C=N–C) groups is 1. The van der Waals surface area contributed by atoms with Gasteiger partial charge in [0, 0.05) is 45.9 Å². The molecule has 0 aliphatic heterocycles. The molecule has 0 bridgehead atoms. The van der Waals surface area contributed by atoms with E-state index in [0.717, 1.165) is 51.8 Å². The van der Waals surface area contributed by atoms with Gasteiger partial charge in [-0.05, 0) is 32.7 Å². The fourth-order valence-electron chi connectivity index (χ4n) is 2.02. The summed E-state index contributed by atoms with van der Waals surface area (Å²) in [5.74, 6) is 1.48. The lowest BCUT2D eigenvalue weighted by Gasteiger charge is -2.25. The lowest BCUT2D eigenvalue weighted by molar-refractivity contribution is 0.108. The summed E-state index contributed by atoms with van der Waals surface area (Å²) in [5, 5.41) is 6.67. The minimum atomic E-state index is 0. The Kier molecular flexibility index (Phi) is 17.4. The maximum Gasteiger partial charge on any atom is 0.191 e. The number of nitrogens with one attached hydrogen (secondary N) is 2. The van der Waals surface area contributed by atoms with Crippen LogP contribution in [0.2, 0.25) is 0 Å². The second kappa shape index (κ2) is 15.8. The van der Waals surface area contributed by atoms with Crippen molar-refractivity contribution in [3.8, 4) is 0 Å². The van der Waals surface area contributed by atoms with Gasteiger partial charge in [-0.3, -0.25) is 9.89 Å². The molecule has 0 saturated heterocycles. The number of nitrogens with zero attached hydrogens (tertiary/aromatic N) is 2. The highest BCUT2D eigenvalue weighted by Crippen LogP contribution is 1.95. The van der Waals surface area contributed by atoms with Crippen molar-refractivity contribution in [2.45, 2.75) is 47.1 Å². The Morgan fingerprint density at radius 1 is 1.14 bits per heavy atom. The molecular weight excluding hydrogens is 391 g/mol. The van der Waals surface area contributed by atoms with Gasteiger partial charge in [-0.2, -0.15) is 0 Å². The van der Waals surface area contributed by atoms with E-state index in [-0.39, 0.29) is 24.0 Å². The Balaban J connectivity index is 0. The Morgan fingerprint density at radius 3 is 2.27 bits per heavy atom. The number of halogens is 1. The topological polar surface area (TPSA) is 48.9 Å². The van der Waals surface area contributed by atoms with Crippen molar-refractivity contribution in [1.29, 1.82) is 0 Å². The van der Waals surface area contributed by atoms with Crippen LogP contribution >= 0.6 is 24.0 Å². The van der Waals surface area contributed by atoms with Crippen molar-refractivity contribution in [2.24, 2.45) is 10.9 Å². The molecule has 0 unspecified atom stereocenters. The van der Waals surface area contributed by atoms with Gasteiger partial charge in [0.2, 0.25) is 0 Å². The fraction of sp³-hybridized carbons (Fsp3) is 0.938. The van der Waals surface area contributed by atoms with E-state index in [2.05, 4.69) is 55.1 Å². The normalized spacial score (nSPS) is 12.0. The number of guanidine groups is 1. The van der Waals surface area contributed by atoms with Gasteiger partial charge in [-0.25, -0.2) is 0 Å². The minimum Gasteiger partial charge on any atom is -0.381 e. The SMILES string of the molecule is CCN(CCNC(=NC)NCCCOCC(C)C)C(C)C.I.